The number of carbonyl (C=O) groups excluding carboxylic acids is 2. The highest BCUT2D eigenvalue weighted by atomic mass is 35.5. The van der Waals surface area contributed by atoms with Crippen molar-refractivity contribution in [3.05, 3.63) is 28.8 Å². The van der Waals surface area contributed by atoms with Gasteiger partial charge in [0.05, 0.1) is 11.3 Å². The van der Waals surface area contributed by atoms with Gasteiger partial charge in [0, 0.05) is 5.02 Å². The SMILES string of the molecule is CC(C)(C)OC(=O)NCC(=O)Nc1ccc(Cl)cc1C(F)(F)F. The summed E-state index contributed by atoms with van der Waals surface area (Å²) in [4.78, 5) is 23.0. The minimum Gasteiger partial charge on any atom is -0.444 e. The number of ether oxygens (including phenoxy) is 1. The van der Waals surface area contributed by atoms with E-state index in [9.17, 15) is 22.8 Å². The topological polar surface area (TPSA) is 67.4 Å². The van der Waals surface area contributed by atoms with Crippen molar-refractivity contribution in [1.82, 2.24) is 5.32 Å². The summed E-state index contributed by atoms with van der Waals surface area (Å²) in [5, 5.41) is 4.11. The molecule has 0 aromatic heterocycles. The van der Waals surface area contributed by atoms with Gasteiger partial charge in [0.2, 0.25) is 5.91 Å². The van der Waals surface area contributed by atoms with Crippen molar-refractivity contribution in [2.75, 3.05) is 11.9 Å². The molecule has 0 aliphatic carbocycles. The van der Waals surface area contributed by atoms with E-state index in [1.165, 1.54) is 6.07 Å². The van der Waals surface area contributed by atoms with Gasteiger partial charge in [-0.25, -0.2) is 4.79 Å². The van der Waals surface area contributed by atoms with Crippen LogP contribution in [0.1, 0.15) is 26.3 Å². The summed E-state index contributed by atoms with van der Waals surface area (Å²) in [7, 11) is 0. The van der Waals surface area contributed by atoms with Crippen LogP contribution in [-0.2, 0) is 15.7 Å². The van der Waals surface area contributed by atoms with Gasteiger partial charge in [0.25, 0.3) is 0 Å². The van der Waals surface area contributed by atoms with Gasteiger partial charge in [-0.15, -0.1) is 0 Å². The van der Waals surface area contributed by atoms with Gasteiger partial charge in [0.15, 0.2) is 0 Å². The lowest BCUT2D eigenvalue weighted by Crippen LogP contribution is -2.37. The molecule has 0 radical (unpaired) electrons. The quantitative estimate of drug-likeness (QED) is 0.869. The number of hydrogen-bond donors (Lipinski definition) is 2. The lowest BCUT2D eigenvalue weighted by molar-refractivity contribution is -0.137. The van der Waals surface area contributed by atoms with Gasteiger partial charge in [-0.3, -0.25) is 4.79 Å². The highest BCUT2D eigenvalue weighted by Crippen LogP contribution is 2.36. The summed E-state index contributed by atoms with van der Waals surface area (Å²) in [5.74, 6) is -0.830. The van der Waals surface area contributed by atoms with Crippen molar-refractivity contribution in [1.29, 1.82) is 0 Å². The summed E-state index contributed by atoms with van der Waals surface area (Å²) in [5.41, 5.74) is -2.27. The van der Waals surface area contributed by atoms with Crippen LogP contribution < -0.4 is 10.6 Å². The third-order valence-electron chi connectivity index (χ3n) is 2.35. The molecule has 0 heterocycles. The standard InChI is InChI=1S/C14H16ClF3N2O3/c1-13(2,3)23-12(22)19-7-11(21)20-10-5-4-8(15)6-9(10)14(16,17)18/h4-6H,7H2,1-3H3,(H,19,22)(H,20,21). The summed E-state index contributed by atoms with van der Waals surface area (Å²) >= 11 is 5.54. The Kier molecular flexibility index (Phi) is 5.87. The zero-order valence-electron chi connectivity index (χ0n) is 12.7. The third kappa shape index (κ3) is 6.77. The first-order valence-corrected chi connectivity index (χ1v) is 6.90. The van der Waals surface area contributed by atoms with Crippen LogP contribution in [0.5, 0.6) is 0 Å². The maximum absolute atomic E-state index is 12.9. The Morgan fingerprint density at radius 1 is 1.22 bits per heavy atom. The number of alkyl carbamates (subject to hydrolysis) is 1. The number of amides is 2. The van der Waals surface area contributed by atoms with Crippen LogP contribution in [0, 0.1) is 0 Å². The van der Waals surface area contributed by atoms with E-state index in [4.69, 9.17) is 16.3 Å². The van der Waals surface area contributed by atoms with Gasteiger partial charge in [-0.2, -0.15) is 13.2 Å². The average Bonchev–Trinajstić information content (AvgIpc) is 2.35. The van der Waals surface area contributed by atoms with Crippen molar-refractivity contribution in [2.45, 2.75) is 32.5 Å². The molecule has 0 aliphatic rings. The first kappa shape index (κ1) is 19.1. The molecule has 23 heavy (non-hydrogen) atoms. The predicted octanol–water partition coefficient (Wildman–Crippen LogP) is 3.82. The molecule has 5 nitrogen and oxygen atoms in total. The number of carbonyl (C=O) groups is 2. The summed E-state index contributed by atoms with van der Waals surface area (Å²) in [6, 6.07) is 2.96. The van der Waals surface area contributed by atoms with Crippen molar-refractivity contribution in [3.63, 3.8) is 0 Å². The number of rotatable bonds is 3. The zero-order valence-corrected chi connectivity index (χ0v) is 13.4. The second kappa shape index (κ2) is 7.08. The van der Waals surface area contributed by atoms with E-state index >= 15 is 0 Å². The molecule has 2 amide bonds. The number of benzene rings is 1. The minimum atomic E-state index is -4.67. The fraction of sp³-hybridized carbons (Fsp3) is 0.429. The van der Waals surface area contributed by atoms with E-state index in [1.807, 2.05) is 0 Å². The number of alkyl halides is 3. The van der Waals surface area contributed by atoms with E-state index in [0.29, 0.717) is 6.07 Å². The smallest absolute Gasteiger partial charge is 0.418 e. The molecule has 0 unspecified atom stereocenters. The van der Waals surface area contributed by atoms with Crippen LogP contribution in [0.25, 0.3) is 0 Å². The van der Waals surface area contributed by atoms with Gasteiger partial charge in [-0.1, -0.05) is 11.6 Å². The molecule has 0 fully saturated rings. The lowest BCUT2D eigenvalue weighted by atomic mass is 10.1. The van der Waals surface area contributed by atoms with Gasteiger partial charge >= 0.3 is 12.3 Å². The van der Waals surface area contributed by atoms with Crippen molar-refractivity contribution >= 4 is 29.3 Å². The molecular formula is C14H16ClF3N2O3. The Morgan fingerprint density at radius 3 is 2.35 bits per heavy atom. The highest BCUT2D eigenvalue weighted by Gasteiger charge is 2.34. The number of anilines is 1. The van der Waals surface area contributed by atoms with Crippen LogP contribution >= 0.6 is 11.6 Å². The van der Waals surface area contributed by atoms with E-state index in [2.05, 4.69) is 10.6 Å². The van der Waals surface area contributed by atoms with Crippen molar-refractivity contribution in [2.24, 2.45) is 0 Å². The van der Waals surface area contributed by atoms with Gasteiger partial charge < -0.3 is 15.4 Å². The minimum absolute atomic E-state index is 0.109. The summed E-state index contributed by atoms with van der Waals surface area (Å²) in [6.45, 7) is 4.37. The molecule has 0 aliphatic heterocycles. The Labute approximate surface area is 136 Å². The van der Waals surface area contributed by atoms with E-state index in [-0.39, 0.29) is 5.02 Å². The third-order valence-corrected chi connectivity index (χ3v) is 2.59. The Hall–Kier alpha value is -1.96. The number of hydrogen-bond acceptors (Lipinski definition) is 3. The molecular weight excluding hydrogens is 337 g/mol. The summed E-state index contributed by atoms with van der Waals surface area (Å²) < 4.78 is 43.5. The van der Waals surface area contributed by atoms with E-state index < -0.39 is 41.6 Å². The number of nitrogens with one attached hydrogen (secondary N) is 2. The first-order chi connectivity index (χ1) is 10.4. The van der Waals surface area contributed by atoms with Crippen molar-refractivity contribution < 1.29 is 27.5 Å². The van der Waals surface area contributed by atoms with E-state index in [1.54, 1.807) is 20.8 Å². The molecule has 1 aromatic rings. The maximum Gasteiger partial charge on any atom is 0.418 e. The molecule has 1 rings (SSSR count). The molecule has 1 aromatic carbocycles. The van der Waals surface area contributed by atoms with Crippen LogP contribution in [0.3, 0.4) is 0 Å². The molecule has 0 atom stereocenters. The van der Waals surface area contributed by atoms with E-state index in [0.717, 1.165) is 6.07 Å². The first-order valence-electron chi connectivity index (χ1n) is 6.52. The van der Waals surface area contributed by atoms with Gasteiger partial charge in [0.1, 0.15) is 12.1 Å². The van der Waals surface area contributed by atoms with Crippen LogP contribution in [0.15, 0.2) is 18.2 Å². The fourth-order valence-corrected chi connectivity index (χ4v) is 1.69. The molecule has 0 spiro atoms. The Bertz CT molecular complexity index is 598. The van der Waals surface area contributed by atoms with Crippen LogP contribution in [0.2, 0.25) is 5.02 Å². The molecule has 0 saturated carbocycles. The molecule has 128 valence electrons. The Morgan fingerprint density at radius 2 is 1.83 bits per heavy atom. The second-order valence-electron chi connectivity index (χ2n) is 5.59. The predicted molar refractivity (Wildman–Crippen MR) is 79.3 cm³/mol. The lowest BCUT2D eigenvalue weighted by Gasteiger charge is -2.19. The Balaban J connectivity index is 2.70. The van der Waals surface area contributed by atoms with Crippen LogP contribution in [-0.4, -0.2) is 24.1 Å². The molecule has 0 saturated heterocycles. The molecule has 9 heteroatoms. The maximum atomic E-state index is 12.9. The number of halogens is 4. The highest BCUT2D eigenvalue weighted by molar-refractivity contribution is 6.30. The molecule has 2 N–H and O–H groups in total. The fourth-order valence-electron chi connectivity index (χ4n) is 1.52. The molecule has 0 bridgehead atoms. The second-order valence-corrected chi connectivity index (χ2v) is 6.03. The van der Waals surface area contributed by atoms with Gasteiger partial charge in [-0.05, 0) is 39.0 Å². The summed E-state index contributed by atoms with van der Waals surface area (Å²) in [6.07, 6.45) is -5.52. The normalized spacial score (nSPS) is 11.8. The van der Waals surface area contributed by atoms with Crippen molar-refractivity contribution in [3.8, 4) is 0 Å². The zero-order chi connectivity index (χ0) is 17.8. The van der Waals surface area contributed by atoms with Crippen LogP contribution in [0.4, 0.5) is 23.7 Å². The average molecular weight is 353 g/mol. The monoisotopic (exact) mass is 352 g/mol. The largest absolute Gasteiger partial charge is 0.444 e.